The molecule has 0 aliphatic carbocycles. The minimum Gasteiger partial charge on any atom is -0.388 e. The first-order valence-corrected chi connectivity index (χ1v) is 6.13. The van der Waals surface area contributed by atoms with E-state index in [0.717, 1.165) is 28.4 Å². The lowest BCUT2D eigenvalue weighted by molar-refractivity contribution is 1.28. The number of pyridine rings is 1. The SMILES string of the molecule is CNc1ccc2[nH]c(-c3ccccc3NC)nc2n1. The van der Waals surface area contributed by atoms with Crippen molar-refractivity contribution in [2.45, 2.75) is 0 Å². The summed E-state index contributed by atoms with van der Waals surface area (Å²) in [4.78, 5) is 12.3. The molecule has 0 aliphatic rings. The summed E-state index contributed by atoms with van der Waals surface area (Å²) in [6.07, 6.45) is 0. The van der Waals surface area contributed by atoms with Crippen LogP contribution in [0.25, 0.3) is 22.6 Å². The predicted octanol–water partition coefficient (Wildman–Crippen LogP) is 2.71. The van der Waals surface area contributed by atoms with Crippen LogP contribution in [0.15, 0.2) is 36.4 Å². The van der Waals surface area contributed by atoms with Crippen molar-refractivity contribution in [3.63, 3.8) is 0 Å². The van der Waals surface area contributed by atoms with Crippen LogP contribution in [-0.2, 0) is 0 Å². The van der Waals surface area contributed by atoms with Crippen LogP contribution in [0.2, 0.25) is 0 Å². The molecule has 0 spiro atoms. The van der Waals surface area contributed by atoms with Gasteiger partial charge in [0.15, 0.2) is 5.65 Å². The van der Waals surface area contributed by atoms with Crippen LogP contribution in [-0.4, -0.2) is 29.0 Å². The van der Waals surface area contributed by atoms with Crippen LogP contribution < -0.4 is 10.6 Å². The van der Waals surface area contributed by atoms with Gasteiger partial charge in [-0.3, -0.25) is 0 Å². The lowest BCUT2D eigenvalue weighted by atomic mass is 10.1. The summed E-state index contributed by atoms with van der Waals surface area (Å²) in [6.45, 7) is 0. The van der Waals surface area contributed by atoms with Crippen molar-refractivity contribution in [3.8, 4) is 11.4 Å². The quantitative estimate of drug-likeness (QED) is 0.671. The van der Waals surface area contributed by atoms with Crippen molar-refractivity contribution in [2.24, 2.45) is 0 Å². The summed E-state index contributed by atoms with van der Waals surface area (Å²) in [5.41, 5.74) is 3.72. The number of hydrogen-bond acceptors (Lipinski definition) is 4. The second kappa shape index (κ2) is 4.61. The zero-order valence-corrected chi connectivity index (χ0v) is 10.9. The van der Waals surface area contributed by atoms with E-state index in [0.29, 0.717) is 5.65 Å². The summed E-state index contributed by atoms with van der Waals surface area (Å²) in [5, 5.41) is 6.18. The number of nitrogens with one attached hydrogen (secondary N) is 3. The van der Waals surface area contributed by atoms with Crippen LogP contribution >= 0.6 is 0 Å². The maximum absolute atomic E-state index is 4.55. The molecule has 0 unspecified atom stereocenters. The van der Waals surface area contributed by atoms with E-state index in [4.69, 9.17) is 0 Å². The number of benzene rings is 1. The van der Waals surface area contributed by atoms with E-state index in [-0.39, 0.29) is 0 Å². The molecule has 3 aromatic rings. The Morgan fingerprint density at radius 1 is 0.947 bits per heavy atom. The Labute approximate surface area is 111 Å². The molecule has 1 aromatic carbocycles. The zero-order chi connectivity index (χ0) is 13.2. The summed E-state index contributed by atoms with van der Waals surface area (Å²) in [5.74, 6) is 1.63. The van der Waals surface area contributed by atoms with E-state index in [1.807, 2.05) is 50.5 Å². The molecule has 96 valence electrons. The third-order valence-corrected chi connectivity index (χ3v) is 3.05. The largest absolute Gasteiger partial charge is 0.388 e. The number of aromatic nitrogens is 3. The van der Waals surface area contributed by atoms with E-state index in [2.05, 4.69) is 25.6 Å². The molecule has 2 aromatic heterocycles. The number of imidazole rings is 1. The Bertz CT molecular complexity index is 717. The second-order valence-corrected chi connectivity index (χ2v) is 4.20. The van der Waals surface area contributed by atoms with Crippen LogP contribution in [0, 0.1) is 0 Å². The first kappa shape index (κ1) is 11.5. The van der Waals surface area contributed by atoms with Gasteiger partial charge >= 0.3 is 0 Å². The van der Waals surface area contributed by atoms with Crippen LogP contribution in [0.1, 0.15) is 0 Å². The molecule has 3 N–H and O–H groups in total. The summed E-state index contributed by atoms with van der Waals surface area (Å²) >= 11 is 0. The number of H-pyrrole nitrogens is 1. The number of fused-ring (bicyclic) bond motifs is 1. The number of nitrogens with zero attached hydrogens (tertiary/aromatic N) is 2. The van der Waals surface area contributed by atoms with E-state index < -0.39 is 0 Å². The second-order valence-electron chi connectivity index (χ2n) is 4.20. The fourth-order valence-corrected chi connectivity index (χ4v) is 2.07. The van der Waals surface area contributed by atoms with Crippen LogP contribution in [0.5, 0.6) is 0 Å². The molecular weight excluding hydrogens is 238 g/mol. The molecule has 0 amide bonds. The molecule has 0 bridgehead atoms. The highest BCUT2D eigenvalue weighted by Crippen LogP contribution is 2.26. The van der Waals surface area contributed by atoms with Crippen molar-refractivity contribution in [1.82, 2.24) is 15.0 Å². The van der Waals surface area contributed by atoms with E-state index in [9.17, 15) is 0 Å². The van der Waals surface area contributed by atoms with Gasteiger partial charge in [-0.05, 0) is 24.3 Å². The standard InChI is InChI=1S/C14H15N5/c1-15-10-6-4-3-5-9(10)13-17-11-7-8-12(16-2)18-14(11)19-13/h3-8,15H,1-2H3,(H2,16,17,18,19). The Kier molecular flexibility index (Phi) is 2.79. The van der Waals surface area contributed by atoms with Crippen molar-refractivity contribution in [3.05, 3.63) is 36.4 Å². The van der Waals surface area contributed by atoms with E-state index in [1.165, 1.54) is 0 Å². The predicted molar refractivity (Wildman–Crippen MR) is 78.4 cm³/mol. The highest BCUT2D eigenvalue weighted by molar-refractivity contribution is 5.81. The molecule has 0 fully saturated rings. The van der Waals surface area contributed by atoms with Gasteiger partial charge in [-0.2, -0.15) is 0 Å². The van der Waals surface area contributed by atoms with Crippen LogP contribution in [0.3, 0.4) is 0 Å². The van der Waals surface area contributed by atoms with Gasteiger partial charge < -0.3 is 15.6 Å². The average Bonchev–Trinajstić information content (AvgIpc) is 2.89. The highest BCUT2D eigenvalue weighted by atomic mass is 15.0. The number of aromatic amines is 1. The van der Waals surface area contributed by atoms with Crippen molar-refractivity contribution in [2.75, 3.05) is 24.7 Å². The van der Waals surface area contributed by atoms with Gasteiger partial charge in [0.2, 0.25) is 0 Å². The van der Waals surface area contributed by atoms with Crippen molar-refractivity contribution >= 4 is 22.7 Å². The molecule has 5 nitrogen and oxygen atoms in total. The fourth-order valence-electron chi connectivity index (χ4n) is 2.07. The molecular formula is C14H15N5. The monoisotopic (exact) mass is 253 g/mol. The third kappa shape index (κ3) is 1.99. The Hall–Kier alpha value is -2.56. The number of para-hydroxylation sites is 1. The molecule has 5 heteroatoms. The zero-order valence-electron chi connectivity index (χ0n) is 10.9. The molecule has 19 heavy (non-hydrogen) atoms. The Morgan fingerprint density at radius 3 is 2.58 bits per heavy atom. The maximum Gasteiger partial charge on any atom is 0.180 e. The first-order valence-electron chi connectivity index (χ1n) is 6.13. The molecule has 0 saturated heterocycles. The molecule has 0 aliphatic heterocycles. The first-order chi connectivity index (χ1) is 9.31. The van der Waals surface area contributed by atoms with Gasteiger partial charge in [0.05, 0.1) is 5.52 Å². The van der Waals surface area contributed by atoms with Gasteiger partial charge in [-0.1, -0.05) is 12.1 Å². The molecule has 0 saturated carbocycles. The van der Waals surface area contributed by atoms with Crippen molar-refractivity contribution in [1.29, 1.82) is 0 Å². The topological polar surface area (TPSA) is 65.6 Å². The van der Waals surface area contributed by atoms with Gasteiger partial charge in [-0.15, -0.1) is 0 Å². The Balaban J connectivity index is 2.15. The van der Waals surface area contributed by atoms with E-state index >= 15 is 0 Å². The van der Waals surface area contributed by atoms with Gasteiger partial charge in [0.1, 0.15) is 11.6 Å². The minimum absolute atomic E-state index is 0.716. The smallest absolute Gasteiger partial charge is 0.180 e. The lowest BCUT2D eigenvalue weighted by Crippen LogP contribution is -1.92. The summed E-state index contributed by atoms with van der Waals surface area (Å²) < 4.78 is 0. The maximum atomic E-state index is 4.55. The Morgan fingerprint density at radius 2 is 1.79 bits per heavy atom. The summed E-state index contributed by atoms with van der Waals surface area (Å²) in [7, 11) is 3.75. The normalized spacial score (nSPS) is 10.6. The number of anilines is 2. The minimum atomic E-state index is 0.716. The molecule has 3 rings (SSSR count). The molecule has 2 heterocycles. The molecule has 0 atom stereocenters. The van der Waals surface area contributed by atoms with Gasteiger partial charge in [-0.25, -0.2) is 9.97 Å². The lowest BCUT2D eigenvalue weighted by Gasteiger charge is -2.05. The van der Waals surface area contributed by atoms with E-state index in [1.54, 1.807) is 0 Å². The average molecular weight is 253 g/mol. The summed E-state index contributed by atoms with van der Waals surface area (Å²) in [6, 6.07) is 11.9. The van der Waals surface area contributed by atoms with Crippen molar-refractivity contribution < 1.29 is 0 Å². The number of hydrogen-bond donors (Lipinski definition) is 3. The third-order valence-electron chi connectivity index (χ3n) is 3.05. The van der Waals surface area contributed by atoms with Crippen LogP contribution in [0.4, 0.5) is 11.5 Å². The molecule has 0 radical (unpaired) electrons. The van der Waals surface area contributed by atoms with Gasteiger partial charge in [0, 0.05) is 25.3 Å². The highest BCUT2D eigenvalue weighted by Gasteiger charge is 2.09. The number of rotatable bonds is 3. The fraction of sp³-hybridized carbons (Fsp3) is 0.143. The van der Waals surface area contributed by atoms with Gasteiger partial charge in [0.25, 0.3) is 0 Å².